The number of benzene rings is 3. The second-order valence-electron chi connectivity index (χ2n) is 6.73. The van der Waals surface area contributed by atoms with E-state index < -0.39 is 11.9 Å². The van der Waals surface area contributed by atoms with Crippen LogP contribution in [0.1, 0.15) is 28.4 Å². The van der Waals surface area contributed by atoms with Crippen molar-refractivity contribution in [2.45, 2.75) is 6.92 Å². The fraction of sp³-hybridized carbons (Fsp3) is 0.0800. The monoisotopic (exact) mass is 447 g/mol. The fourth-order valence-corrected chi connectivity index (χ4v) is 3.18. The molecule has 1 aliphatic heterocycles. The van der Waals surface area contributed by atoms with Crippen LogP contribution < -0.4 is 9.47 Å². The third-order valence-corrected chi connectivity index (χ3v) is 4.85. The largest absolute Gasteiger partial charge is 0.494 e. The van der Waals surface area contributed by atoms with Crippen LogP contribution in [-0.4, -0.2) is 24.4 Å². The minimum Gasteiger partial charge on any atom is -0.494 e. The fourth-order valence-electron chi connectivity index (χ4n) is 2.97. The summed E-state index contributed by atoms with van der Waals surface area (Å²) in [4.78, 5) is 28.8. The molecule has 1 heterocycles. The summed E-state index contributed by atoms with van der Waals surface area (Å²) in [5.41, 5.74) is 1.83. The maximum absolute atomic E-state index is 12.3. The number of carbonyl (C=O) groups excluding carboxylic acids is 2. The number of ether oxygens (including phenoxy) is 3. The standard InChI is InChI=1S/C25H18ClNO5/c1-2-30-18-13-9-17(10-14-18)23-27-22(25(29)32-23)15-16-7-11-19(12-8-16)31-24(28)20-5-3-4-6-21(20)26/h3-15H,2H2,1H3/b22-15-. The van der Waals surface area contributed by atoms with Gasteiger partial charge in [-0.25, -0.2) is 14.6 Å². The van der Waals surface area contributed by atoms with Gasteiger partial charge in [-0.3, -0.25) is 0 Å². The van der Waals surface area contributed by atoms with Crippen molar-refractivity contribution in [3.05, 3.63) is 100 Å². The summed E-state index contributed by atoms with van der Waals surface area (Å²) >= 11 is 6.03. The molecule has 3 aromatic rings. The number of aliphatic imine (C=N–C) groups is 1. The van der Waals surface area contributed by atoms with Crippen molar-refractivity contribution in [3.63, 3.8) is 0 Å². The summed E-state index contributed by atoms with van der Waals surface area (Å²) in [6, 6.07) is 20.5. The third-order valence-electron chi connectivity index (χ3n) is 4.52. The lowest BCUT2D eigenvalue weighted by Gasteiger charge is -2.06. The number of carbonyl (C=O) groups is 2. The smallest absolute Gasteiger partial charge is 0.363 e. The Labute approximate surface area is 189 Å². The first-order valence-electron chi connectivity index (χ1n) is 9.86. The van der Waals surface area contributed by atoms with Crippen molar-refractivity contribution in [2.24, 2.45) is 4.99 Å². The summed E-state index contributed by atoms with van der Waals surface area (Å²) in [5.74, 6) is 0.222. The predicted molar refractivity (Wildman–Crippen MR) is 121 cm³/mol. The lowest BCUT2D eigenvalue weighted by molar-refractivity contribution is -0.129. The average Bonchev–Trinajstić information content (AvgIpc) is 3.16. The van der Waals surface area contributed by atoms with E-state index in [0.717, 1.165) is 5.75 Å². The maximum Gasteiger partial charge on any atom is 0.363 e. The van der Waals surface area contributed by atoms with Crippen LogP contribution in [0.15, 0.2) is 83.5 Å². The Hall–Kier alpha value is -3.90. The van der Waals surface area contributed by atoms with E-state index in [4.69, 9.17) is 25.8 Å². The molecule has 0 bridgehead atoms. The first kappa shape index (κ1) is 21.3. The number of rotatable bonds is 6. The lowest BCUT2D eigenvalue weighted by atomic mass is 10.2. The van der Waals surface area contributed by atoms with Gasteiger partial charge in [0.1, 0.15) is 11.5 Å². The van der Waals surface area contributed by atoms with Gasteiger partial charge in [-0.1, -0.05) is 35.9 Å². The normalized spacial score (nSPS) is 14.1. The Balaban J connectivity index is 1.47. The van der Waals surface area contributed by atoms with E-state index in [-0.39, 0.29) is 17.2 Å². The molecule has 160 valence electrons. The highest BCUT2D eigenvalue weighted by Gasteiger charge is 2.24. The van der Waals surface area contributed by atoms with Gasteiger partial charge in [0, 0.05) is 5.56 Å². The second kappa shape index (κ2) is 9.49. The van der Waals surface area contributed by atoms with Gasteiger partial charge in [-0.15, -0.1) is 0 Å². The molecule has 7 heteroatoms. The van der Waals surface area contributed by atoms with E-state index in [0.29, 0.717) is 28.5 Å². The van der Waals surface area contributed by atoms with Gasteiger partial charge in [-0.05, 0) is 67.1 Å². The van der Waals surface area contributed by atoms with Crippen LogP contribution in [0.5, 0.6) is 11.5 Å². The number of hydrogen-bond donors (Lipinski definition) is 0. The van der Waals surface area contributed by atoms with Crippen molar-refractivity contribution in [1.82, 2.24) is 0 Å². The quantitative estimate of drug-likeness (QED) is 0.291. The molecule has 0 saturated heterocycles. The van der Waals surface area contributed by atoms with E-state index in [9.17, 15) is 9.59 Å². The van der Waals surface area contributed by atoms with Crippen LogP contribution in [0.25, 0.3) is 6.08 Å². The van der Waals surface area contributed by atoms with Crippen LogP contribution in [0.2, 0.25) is 5.02 Å². The Morgan fingerprint density at radius 2 is 1.69 bits per heavy atom. The van der Waals surface area contributed by atoms with Gasteiger partial charge in [0.2, 0.25) is 5.90 Å². The minimum atomic E-state index is -0.550. The lowest BCUT2D eigenvalue weighted by Crippen LogP contribution is -2.08. The molecule has 0 atom stereocenters. The van der Waals surface area contributed by atoms with Crippen LogP contribution in [0.4, 0.5) is 0 Å². The Kier molecular flexibility index (Phi) is 6.33. The first-order valence-corrected chi connectivity index (χ1v) is 10.2. The molecular formula is C25H18ClNO5. The predicted octanol–water partition coefficient (Wildman–Crippen LogP) is 5.30. The highest BCUT2D eigenvalue weighted by Crippen LogP contribution is 2.23. The number of hydrogen-bond acceptors (Lipinski definition) is 6. The van der Waals surface area contributed by atoms with Crippen LogP contribution in [0.3, 0.4) is 0 Å². The molecule has 0 fully saturated rings. The second-order valence-corrected chi connectivity index (χ2v) is 7.14. The molecule has 0 unspecified atom stereocenters. The van der Waals surface area contributed by atoms with E-state index in [1.54, 1.807) is 78.9 Å². The van der Waals surface area contributed by atoms with Crippen LogP contribution in [-0.2, 0) is 9.53 Å². The van der Waals surface area contributed by atoms with Crippen LogP contribution in [0, 0.1) is 0 Å². The number of halogens is 1. The average molecular weight is 448 g/mol. The SMILES string of the molecule is CCOc1ccc(C2=N/C(=C\c3ccc(OC(=O)c4ccccc4Cl)cc3)C(=O)O2)cc1. The first-order chi connectivity index (χ1) is 15.5. The molecule has 0 spiro atoms. The van der Waals surface area contributed by atoms with E-state index in [2.05, 4.69) is 4.99 Å². The number of esters is 2. The van der Waals surface area contributed by atoms with Gasteiger partial charge in [0.25, 0.3) is 0 Å². The van der Waals surface area contributed by atoms with Crippen molar-refractivity contribution in [1.29, 1.82) is 0 Å². The Morgan fingerprint density at radius 3 is 2.38 bits per heavy atom. The Morgan fingerprint density at radius 1 is 1.00 bits per heavy atom. The van der Waals surface area contributed by atoms with Gasteiger partial charge < -0.3 is 14.2 Å². The molecule has 4 rings (SSSR count). The maximum atomic E-state index is 12.3. The molecule has 0 aliphatic carbocycles. The van der Waals surface area contributed by atoms with E-state index >= 15 is 0 Å². The summed E-state index contributed by atoms with van der Waals surface area (Å²) in [6.45, 7) is 2.48. The number of cyclic esters (lactones) is 1. The molecule has 0 saturated carbocycles. The highest BCUT2D eigenvalue weighted by atomic mass is 35.5. The molecule has 1 aliphatic rings. The zero-order valence-corrected chi connectivity index (χ0v) is 17.8. The Bertz CT molecular complexity index is 1210. The molecule has 0 amide bonds. The minimum absolute atomic E-state index is 0.176. The van der Waals surface area contributed by atoms with Crippen LogP contribution >= 0.6 is 11.6 Å². The molecule has 32 heavy (non-hydrogen) atoms. The van der Waals surface area contributed by atoms with Crippen molar-refractivity contribution >= 4 is 35.5 Å². The summed E-state index contributed by atoms with van der Waals surface area (Å²) in [6.07, 6.45) is 1.60. The zero-order valence-electron chi connectivity index (χ0n) is 17.1. The molecule has 0 N–H and O–H groups in total. The summed E-state index contributed by atoms with van der Waals surface area (Å²) in [7, 11) is 0. The molecule has 0 aromatic heterocycles. The number of nitrogens with zero attached hydrogens (tertiary/aromatic N) is 1. The van der Waals surface area contributed by atoms with Gasteiger partial charge in [0.15, 0.2) is 5.70 Å². The summed E-state index contributed by atoms with van der Waals surface area (Å²) < 4.78 is 16.1. The highest BCUT2D eigenvalue weighted by molar-refractivity contribution is 6.33. The molecule has 0 radical (unpaired) electrons. The third kappa shape index (κ3) is 4.87. The topological polar surface area (TPSA) is 74.2 Å². The van der Waals surface area contributed by atoms with Gasteiger partial charge >= 0.3 is 11.9 Å². The van der Waals surface area contributed by atoms with Crippen molar-refractivity contribution in [3.8, 4) is 11.5 Å². The van der Waals surface area contributed by atoms with Gasteiger partial charge in [0.05, 0.1) is 17.2 Å². The van der Waals surface area contributed by atoms with Gasteiger partial charge in [-0.2, -0.15) is 0 Å². The molecule has 6 nitrogen and oxygen atoms in total. The van der Waals surface area contributed by atoms with Crippen molar-refractivity contribution < 1.29 is 23.8 Å². The van der Waals surface area contributed by atoms with E-state index in [1.807, 2.05) is 6.92 Å². The molecule has 3 aromatic carbocycles. The molecular weight excluding hydrogens is 430 g/mol. The zero-order chi connectivity index (χ0) is 22.5. The summed E-state index contributed by atoms with van der Waals surface area (Å²) in [5, 5.41) is 0.319. The van der Waals surface area contributed by atoms with E-state index in [1.165, 1.54) is 0 Å². The van der Waals surface area contributed by atoms with Crippen molar-refractivity contribution in [2.75, 3.05) is 6.61 Å².